The maximum Gasteiger partial charge on any atom is 0.431 e. The van der Waals surface area contributed by atoms with Crippen molar-refractivity contribution < 1.29 is 121 Å². The van der Waals surface area contributed by atoms with Gasteiger partial charge in [0.15, 0.2) is 0 Å². The molecule has 0 aromatic rings. The van der Waals surface area contributed by atoms with Crippen LogP contribution in [-0.4, -0.2) is 195 Å². The van der Waals surface area contributed by atoms with E-state index in [1.54, 1.807) is 0 Å². The predicted octanol–water partition coefficient (Wildman–Crippen LogP) is 5.95. The zero-order valence-electron chi connectivity index (χ0n) is 32.1. The van der Waals surface area contributed by atoms with Gasteiger partial charge in [-0.15, -0.1) is 0 Å². The first kappa shape index (κ1) is 62.3. The first-order chi connectivity index (χ1) is 27.5. The molecule has 0 aromatic carbocycles. The van der Waals surface area contributed by atoms with E-state index in [0.29, 0.717) is 79.3 Å². The average Bonchev–Trinajstić information content (AvgIpc) is 3.14. The normalized spacial score (nSPS) is 12.9. The number of alkyl halides is 15. The van der Waals surface area contributed by atoms with Gasteiger partial charge in [0.05, 0.1) is 132 Å². The molecule has 0 spiro atoms. The molecular formula is C32H57BrF14O12. The highest BCUT2D eigenvalue weighted by Gasteiger charge is 2.72. The highest BCUT2D eigenvalue weighted by atomic mass is 79.9. The summed E-state index contributed by atoms with van der Waals surface area (Å²) in [6, 6.07) is 0. The molecule has 0 radical (unpaired) electrons. The summed E-state index contributed by atoms with van der Waals surface area (Å²) in [6.07, 6.45) is -28.6. The van der Waals surface area contributed by atoms with E-state index in [2.05, 4.69) is 15.9 Å². The van der Waals surface area contributed by atoms with Crippen LogP contribution in [0, 0.1) is 0 Å². The highest BCUT2D eigenvalue weighted by molar-refractivity contribution is 9.09. The van der Waals surface area contributed by atoms with Gasteiger partial charge in [0.25, 0.3) is 11.3 Å². The Balaban J connectivity index is -0.000000427. The molecule has 0 fully saturated rings. The lowest BCUT2D eigenvalue weighted by Gasteiger charge is -2.29. The van der Waals surface area contributed by atoms with Crippen molar-refractivity contribution >= 4 is 15.9 Å². The lowest BCUT2D eigenvalue weighted by Crippen LogP contribution is -2.53. The Bertz CT molecular complexity index is 887. The van der Waals surface area contributed by atoms with Crippen molar-refractivity contribution in [3.63, 3.8) is 0 Å². The molecule has 27 heteroatoms. The van der Waals surface area contributed by atoms with Gasteiger partial charge in [-0.05, 0) is 12.8 Å². The Morgan fingerprint density at radius 2 is 0.492 bits per heavy atom. The topological polar surface area (TPSA) is 144 Å². The second kappa shape index (κ2) is 36.5. The molecule has 362 valence electrons. The summed E-state index contributed by atoms with van der Waals surface area (Å²) in [7, 11) is 0. The SMILES string of the molecule is FC(F)(F)C(F)(CCCBr)C(F)(F)F.OCCOCCOCCOCCOCCO.OCCOCCOCCOCCOCCOCCCC(F)(C(F)(F)F)C(F)(F)F.[2HH]. The van der Waals surface area contributed by atoms with Gasteiger partial charge in [-0.25, -0.2) is 8.78 Å². The van der Waals surface area contributed by atoms with Crippen LogP contribution in [0.2, 0.25) is 0 Å². The van der Waals surface area contributed by atoms with E-state index in [1.165, 1.54) is 0 Å². The summed E-state index contributed by atoms with van der Waals surface area (Å²) in [6.45, 7) is 5.38. The second-order valence-corrected chi connectivity index (χ2v) is 12.0. The standard InChI is InChI=1S/C16H27F7O6.C10H22O6.C6H6BrF7.H2/c17-14(15(18,19)20,16(21,22)23)2-1-4-25-6-8-27-10-12-29-13-11-28-9-7-26-5-3-24;11-1-3-13-5-7-15-9-10-16-8-6-14-4-2-12;7-3-1-2-4(8,5(9,10)11)6(12,13)14;/h24H,1-13H2;11-12H,1-10H2;1-3H2;1H/i;;;1+1. The second-order valence-electron chi connectivity index (χ2n) is 11.2. The van der Waals surface area contributed by atoms with E-state index < -0.39 is 68.3 Å². The van der Waals surface area contributed by atoms with Crippen LogP contribution in [0.15, 0.2) is 0 Å². The van der Waals surface area contributed by atoms with Crippen LogP contribution in [0.1, 0.15) is 27.1 Å². The third-order valence-corrected chi connectivity index (χ3v) is 7.13. The largest absolute Gasteiger partial charge is 0.431 e. The number of halogens is 15. The fourth-order valence-corrected chi connectivity index (χ4v) is 3.83. The molecule has 12 nitrogen and oxygen atoms in total. The van der Waals surface area contributed by atoms with Crippen LogP contribution in [-0.2, 0) is 42.6 Å². The van der Waals surface area contributed by atoms with Crippen LogP contribution in [0.5, 0.6) is 0 Å². The molecule has 0 amide bonds. The van der Waals surface area contributed by atoms with Gasteiger partial charge in [0.1, 0.15) is 0 Å². The number of rotatable bonds is 34. The summed E-state index contributed by atoms with van der Waals surface area (Å²) >= 11 is 2.63. The van der Waals surface area contributed by atoms with Crippen LogP contribution in [0.25, 0.3) is 0 Å². The van der Waals surface area contributed by atoms with Crippen molar-refractivity contribution in [3.8, 4) is 0 Å². The molecule has 0 aliphatic rings. The summed E-state index contributed by atoms with van der Waals surface area (Å²) in [5.41, 5.74) is -10.3. The maximum atomic E-state index is 13.3. The maximum absolute atomic E-state index is 13.3. The molecule has 0 heterocycles. The fraction of sp³-hybridized carbons (Fsp3) is 1.00. The Kier molecular flexibility index (Phi) is 38.5. The van der Waals surface area contributed by atoms with Crippen LogP contribution >= 0.6 is 15.9 Å². The Morgan fingerprint density at radius 1 is 0.305 bits per heavy atom. The highest BCUT2D eigenvalue weighted by Crippen LogP contribution is 2.50. The minimum absolute atomic E-state index is 0. The van der Waals surface area contributed by atoms with Crippen LogP contribution in [0.4, 0.5) is 61.5 Å². The first-order valence-corrected chi connectivity index (χ1v) is 18.9. The molecule has 0 atom stereocenters. The molecule has 0 saturated heterocycles. The molecule has 0 bridgehead atoms. The van der Waals surface area contributed by atoms with Crippen molar-refractivity contribution in [2.45, 2.75) is 61.7 Å². The van der Waals surface area contributed by atoms with Crippen molar-refractivity contribution in [2.24, 2.45) is 0 Å². The zero-order chi connectivity index (χ0) is 45.7. The summed E-state index contributed by atoms with van der Waals surface area (Å²) in [4.78, 5) is 0. The summed E-state index contributed by atoms with van der Waals surface area (Å²) in [5.74, 6) is 0. The molecular weight excluding hydrogens is 922 g/mol. The van der Waals surface area contributed by atoms with Crippen molar-refractivity contribution in [1.29, 1.82) is 0 Å². The third kappa shape index (κ3) is 32.4. The Hall–Kier alpha value is -0.980. The number of hydrogen-bond acceptors (Lipinski definition) is 12. The molecule has 0 unspecified atom stereocenters. The molecule has 0 saturated carbocycles. The Labute approximate surface area is 342 Å². The number of aliphatic hydroxyl groups is 3. The van der Waals surface area contributed by atoms with Crippen LogP contribution in [0.3, 0.4) is 0 Å². The van der Waals surface area contributed by atoms with Gasteiger partial charge < -0.3 is 58.0 Å². The number of hydrogen-bond donors (Lipinski definition) is 3. The fourth-order valence-electron chi connectivity index (χ4n) is 3.55. The van der Waals surface area contributed by atoms with E-state index in [-0.39, 0.29) is 59.6 Å². The van der Waals surface area contributed by atoms with E-state index >= 15 is 0 Å². The predicted molar refractivity (Wildman–Crippen MR) is 185 cm³/mol. The van der Waals surface area contributed by atoms with E-state index in [0.717, 1.165) is 0 Å². The molecule has 3 N–H and O–H groups in total. The third-order valence-electron chi connectivity index (χ3n) is 6.57. The molecule has 0 aliphatic carbocycles. The molecule has 59 heavy (non-hydrogen) atoms. The van der Waals surface area contributed by atoms with Gasteiger partial charge in [-0.3, -0.25) is 0 Å². The quantitative estimate of drug-likeness (QED) is 0.0399. The van der Waals surface area contributed by atoms with Crippen molar-refractivity contribution in [2.75, 3.05) is 144 Å². The molecule has 0 aliphatic heterocycles. The molecule has 0 aromatic heterocycles. The van der Waals surface area contributed by atoms with Gasteiger partial charge in [0.2, 0.25) is 0 Å². The first-order valence-electron chi connectivity index (χ1n) is 17.8. The number of aliphatic hydroxyl groups excluding tert-OH is 3. The lowest BCUT2D eigenvalue weighted by atomic mass is 9.98. The molecule has 0 rings (SSSR count). The van der Waals surface area contributed by atoms with Gasteiger partial charge >= 0.3 is 24.7 Å². The van der Waals surface area contributed by atoms with Crippen molar-refractivity contribution in [3.05, 3.63) is 0 Å². The van der Waals surface area contributed by atoms with Gasteiger partial charge in [-0.1, -0.05) is 15.9 Å². The van der Waals surface area contributed by atoms with E-state index in [4.69, 9.17) is 58.0 Å². The smallest absolute Gasteiger partial charge is 0.394 e. The average molecular weight is 981 g/mol. The zero-order valence-corrected chi connectivity index (χ0v) is 33.7. The van der Waals surface area contributed by atoms with E-state index in [9.17, 15) is 61.5 Å². The lowest BCUT2D eigenvalue weighted by molar-refractivity contribution is -0.344. The van der Waals surface area contributed by atoms with Crippen molar-refractivity contribution in [1.82, 2.24) is 0 Å². The van der Waals surface area contributed by atoms with Gasteiger partial charge in [-0.2, -0.15) is 52.7 Å². The minimum atomic E-state index is -6.03. The number of ether oxygens (including phenoxy) is 9. The van der Waals surface area contributed by atoms with Crippen LogP contribution < -0.4 is 0 Å². The summed E-state index contributed by atoms with van der Waals surface area (Å²) < 4.78 is 216. The minimum Gasteiger partial charge on any atom is -0.394 e. The Morgan fingerprint density at radius 3 is 0.678 bits per heavy atom. The summed E-state index contributed by atoms with van der Waals surface area (Å²) in [5, 5.41) is 25.2. The van der Waals surface area contributed by atoms with Gasteiger partial charge in [0, 0.05) is 26.2 Å². The van der Waals surface area contributed by atoms with E-state index in [1.807, 2.05) is 0 Å². The monoisotopic (exact) mass is 979 g/mol.